The Morgan fingerprint density at radius 3 is 2.76 bits per heavy atom. The molecule has 112 valence electrons. The fourth-order valence-corrected chi connectivity index (χ4v) is 3.22. The van der Waals surface area contributed by atoms with Crippen molar-refractivity contribution in [3.05, 3.63) is 44.2 Å². The average molecular weight is 368 g/mol. The molecular formula is C15H18BrN3OS. The Labute approximate surface area is 137 Å². The third-order valence-corrected chi connectivity index (χ3v) is 4.69. The highest BCUT2D eigenvalue weighted by atomic mass is 79.9. The molecule has 1 N–H and O–H groups in total. The molecule has 6 heteroatoms. The fourth-order valence-electron chi connectivity index (χ4n) is 2.02. The standard InChI is InChI=1S/C15H18BrN3OS/c1-4-12-6-11(7-14(17-2)18-12)15(20)19(3)8-10-5-13(16)21-9-10/h5-7,9H,4,8H2,1-3H3,(H,17,18). The molecule has 0 saturated carbocycles. The topological polar surface area (TPSA) is 45.2 Å². The second-order valence-electron chi connectivity index (χ2n) is 4.76. The summed E-state index contributed by atoms with van der Waals surface area (Å²) in [6, 6.07) is 5.70. The summed E-state index contributed by atoms with van der Waals surface area (Å²) in [5, 5.41) is 5.06. The maximum Gasteiger partial charge on any atom is 0.254 e. The average Bonchev–Trinajstić information content (AvgIpc) is 2.90. The molecule has 0 aliphatic carbocycles. The first kappa shape index (κ1) is 16.0. The highest BCUT2D eigenvalue weighted by Gasteiger charge is 2.14. The van der Waals surface area contributed by atoms with Gasteiger partial charge in [-0.15, -0.1) is 11.3 Å². The van der Waals surface area contributed by atoms with Crippen LogP contribution in [0.3, 0.4) is 0 Å². The Morgan fingerprint density at radius 2 is 2.19 bits per heavy atom. The second kappa shape index (κ2) is 7.04. The van der Waals surface area contributed by atoms with Gasteiger partial charge in [0.2, 0.25) is 0 Å². The molecule has 0 atom stereocenters. The molecule has 21 heavy (non-hydrogen) atoms. The zero-order valence-corrected chi connectivity index (χ0v) is 14.7. The lowest BCUT2D eigenvalue weighted by atomic mass is 10.1. The number of rotatable bonds is 5. The monoisotopic (exact) mass is 367 g/mol. The SMILES string of the molecule is CCc1cc(C(=O)N(C)Cc2csc(Br)c2)cc(NC)n1. The first-order valence-corrected chi connectivity index (χ1v) is 8.37. The number of halogens is 1. The van der Waals surface area contributed by atoms with Crippen molar-refractivity contribution in [1.82, 2.24) is 9.88 Å². The third-order valence-electron chi connectivity index (χ3n) is 3.13. The summed E-state index contributed by atoms with van der Waals surface area (Å²) in [6.45, 7) is 2.63. The molecule has 0 radical (unpaired) electrons. The van der Waals surface area contributed by atoms with E-state index >= 15 is 0 Å². The van der Waals surface area contributed by atoms with E-state index in [4.69, 9.17) is 0 Å². The maximum atomic E-state index is 12.6. The van der Waals surface area contributed by atoms with Crippen LogP contribution in [-0.2, 0) is 13.0 Å². The van der Waals surface area contributed by atoms with Gasteiger partial charge in [-0.2, -0.15) is 0 Å². The number of aryl methyl sites for hydroxylation is 1. The Bertz CT molecular complexity index is 619. The predicted molar refractivity (Wildman–Crippen MR) is 91.0 cm³/mol. The van der Waals surface area contributed by atoms with Gasteiger partial charge in [0.05, 0.1) is 3.79 Å². The van der Waals surface area contributed by atoms with E-state index in [0.717, 1.165) is 27.3 Å². The van der Waals surface area contributed by atoms with Gasteiger partial charge in [-0.3, -0.25) is 4.79 Å². The molecule has 0 aliphatic rings. The Morgan fingerprint density at radius 1 is 1.43 bits per heavy atom. The number of hydrogen-bond acceptors (Lipinski definition) is 4. The van der Waals surface area contributed by atoms with Crippen LogP contribution >= 0.6 is 27.3 Å². The number of carbonyl (C=O) groups excluding carboxylic acids is 1. The van der Waals surface area contributed by atoms with Crippen LogP contribution in [0.15, 0.2) is 27.4 Å². The van der Waals surface area contributed by atoms with Crippen molar-refractivity contribution in [3.8, 4) is 0 Å². The molecular weight excluding hydrogens is 350 g/mol. The van der Waals surface area contributed by atoms with Crippen molar-refractivity contribution in [3.63, 3.8) is 0 Å². The predicted octanol–water partition coefficient (Wildman–Crippen LogP) is 3.78. The summed E-state index contributed by atoms with van der Waals surface area (Å²) in [5.41, 5.74) is 2.71. The van der Waals surface area contributed by atoms with E-state index in [1.807, 2.05) is 33.2 Å². The molecule has 2 rings (SSSR count). The van der Waals surface area contributed by atoms with Crippen LogP contribution in [0, 0.1) is 0 Å². The molecule has 1 amide bonds. The summed E-state index contributed by atoms with van der Waals surface area (Å²) in [7, 11) is 3.63. The molecule has 0 bridgehead atoms. The summed E-state index contributed by atoms with van der Waals surface area (Å²) >= 11 is 5.07. The Kier molecular flexibility index (Phi) is 5.36. The Balaban J connectivity index is 2.18. The first-order valence-electron chi connectivity index (χ1n) is 6.70. The lowest BCUT2D eigenvalue weighted by Gasteiger charge is -2.17. The van der Waals surface area contributed by atoms with Crippen LogP contribution in [0.2, 0.25) is 0 Å². The molecule has 0 spiro atoms. The molecule has 2 aromatic heterocycles. The third kappa shape index (κ3) is 4.04. The number of thiophene rings is 1. The van der Waals surface area contributed by atoms with Gasteiger partial charge < -0.3 is 10.2 Å². The molecule has 4 nitrogen and oxygen atoms in total. The summed E-state index contributed by atoms with van der Waals surface area (Å²) in [6.07, 6.45) is 0.803. The lowest BCUT2D eigenvalue weighted by molar-refractivity contribution is 0.0785. The number of pyridine rings is 1. The molecule has 0 aliphatic heterocycles. The van der Waals surface area contributed by atoms with Crippen LogP contribution in [-0.4, -0.2) is 29.9 Å². The normalized spacial score (nSPS) is 10.5. The van der Waals surface area contributed by atoms with Crippen molar-refractivity contribution in [2.75, 3.05) is 19.4 Å². The zero-order chi connectivity index (χ0) is 15.4. The highest BCUT2D eigenvalue weighted by molar-refractivity contribution is 9.11. The van der Waals surface area contributed by atoms with Gasteiger partial charge in [-0.05, 0) is 51.5 Å². The van der Waals surface area contributed by atoms with E-state index in [1.165, 1.54) is 0 Å². The number of amides is 1. The lowest BCUT2D eigenvalue weighted by Crippen LogP contribution is -2.26. The van der Waals surface area contributed by atoms with Gasteiger partial charge in [0, 0.05) is 31.9 Å². The van der Waals surface area contributed by atoms with Crippen molar-refractivity contribution >= 4 is 39.0 Å². The summed E-state index contributed by atoms with van der Waals surface area (Å²) < 4.78 is 1.08. The minimum atomic E-state index is 0.00548. The van der Waals surface area contributed by atoms with Crippen LogP contribution in [0.25, 0.3) is 0 Å². The van der Waals surface area contributed by atoms with Gasteiger partial charge in [0.1, 0.15) is 5.82 Å². The number of nitrogens with one attached hydrogen (secondary N) is 1. The number of anilines is 1. The number of carbonyl (C=O) groups is 1. The van der Waals surface area contributed by atoms with E-state index in [-0.39, 0.29) is 5.91 Å². The van der Waals surface area contributed by atoms with E-state index in [0.29, 0.717) is 12.1 Å². The van der Waals surface area contributed by atoms with Gasteiger partial charge >= 0.3 is 0 Å². The van der Waals surface area contributed by atoms with E-state index < -0.39 is 0 Å². The van der Waals surface area contributed by atoms with Crippen LogP contribution < -0.4 is 5.32 Å². The molecule has 0 aromatic carbocycles. The number of nitrogens with zero attached hydrogens (tertiary/aromatic N) is 2. The van der Waals surface area contributed by atoms with Crippen LogP contribution in [0.4, 0.5) is 5.82 Å². The van der Waals surface area contributed by atoms with Gasteiger partial charge in [-0.1, -0.05) is 6.92 Å². The Hall–Kier alpha value is -1.40. The van der Waals surface area contributed by atoms with Gasteiger partial charge in [-0.25, -0.2) is 4.98 Å². The van der Waals surface area contributed by atoms with E-state index in [1.54, 1.807) is 22.3 Å². The largest absolute Gasteiger partial charge is 0.373 e. The summed E-state index contributed by atoms with van der Waals surface area (Å²) in [5.74, 6) is 0.732. The quantitative estimate of drug-likeness (QED) is 0.874. The van der Waals surface area contributed by atoms with Crippen molar-refractivity contribution in [1.29, 1.82) is 0 Å². The van der Waals surface area contributed by atoms with E-state index in [9.17, 15) is 4.79 Å². The highest BCUT2D eigenvalue weighted by Crippen LogP contribution is 2.22. The fraction of sp³-hybridized carbons (Fsp3) is 0.333. The minimum absolute atomic E-state index is 0.00548. The molecule has 0 unspecified atom stereocenters. The first-order chi connectivity index (χ1) is 10.0. The molecule has 2 heterocycles. The van der Waals surface area contributed by atoms with Crippen molar-refractivity contribution in [2.24, 2.45) is 0 Å². The van der Waals surface area contributed by atoms with Crippen LogP contribution in [0.1, 0.15) is 28.5 Å². The summed E-state index contributed by atoms with van der Waals surface area (Å²) in [4.78, 5) is 18.7. The van der Waals surface area contributed by atoms with Gasteiger partial charge in [0.15, 0.2) is 0 Å². The number of aromatic nitrogens is 1. The van der Waals surface area contributed by atoms with Crippen molar-refractivity contribution in [2.45, 2.75) is 19.9 Å². The van der Waals surface area contributed by atoms with Gasteiger partial charge in [0.25, 0.3) is 5.91 Å². The molecule has 0 fully saturated rings. The minimum Gasteiger partial charge on any atom is -0.373 e. The van der Waals surface area contributed by atoms with Crippen LogP contribution in [0.5, 0.6) is 0 Å². The number of hydrogen-bond donors (Lipinski definition) is 1. The van der Waals surface area contributed by atoms with Crippen molar-refractivity contribution < 1.29 is 4.79 Å². The molecule has 0 saturated heterocycles. The second-order valence-corrected chi connectivity index (χ2v) is 7.05. The molecule has 2 aromatic rings. The smallest absolute Gasteiger partial charge is 0.254 e. The maximum absolute atomic E-state index is 12.6. The van der Waals surface area contributed by atoms with E-state index in [2.05, 4.69) is 31.6 Å². The zero-order valence-electron chi connectivity index (χ0n) is 12.3.